The number of hydrogen-bond acceptors (Lipinski definition) is 5. The molecule has 6 nitrogen and oxygen atoms in total. The molecule has 2 fully saturated rings. The maximum atomic E-state index is 11.0. The summed E-state index contributed by atoms with van der Waals surface area (Å²) in [4.78, 5) is 12.8. The minimum atomic E-state index is -0.411. The van der Waals surface area contributed by atoms with Gasteiger partial charge in [0.25, 0.3) is 0 Å². The quantitative estimate of drug-likeness (QED) is 0.681. The van der Waals surface area contributed by atoms with Gasteiger partial charge in [-0.05, 0) is 37.2 Å². The van der Waals surface area contributed by atoms with E-state index in [4.69, 9.17) is 10.5 Å². The Bertz CT molecular complexity index is 549. The van der Waals surface area contributed by atoms with Gasteiger partial charge < -0.3 is 15.4 Å². The highest BCUT2D eigenvalue weighted by Gasteiger charge is 2.37. The Labute approximate surface area is 124 Å². The summed E-state index contributed by atoms with van der Waals surface area (Å²) in [6.07, 6.45) is 3.39. The van der Waals surface area contributed by atoms with Crippen LogP contribution in [0.4, 0.5) is 11.4 Å². The van der Waals surface area contributed by atoms with Crippen molar-refractivity contribution in [2.24, 2.45) is 17.6 Å². The van der Waals surface area contributed by atoms with Gasteiger partial charge in [0, 0.05) is 37.0 Å². The van der Waals surface area contributed by atoms with Crippen LogP contribution in [0.5, 0.6) is 5.75 Å². The largest absolute Gasteiger partial charge is 0.490 e. The fourth-order valence-electron chi connectivity index (χ4n) is 3.69. The molecule has 1 aromatic rings. The Morgan fingerprint density at radius 1 is 1.33 bits per heavy atom. The van der Waals surface area contributed by atoms with Crippen LogP contribution >= 0.6 is 0 Å². The number of nitrogens with zero attached hydrogens (tertiary/aromatic N) is 2. The van der Waals surface area contributed by atoms with Crippen molar-refractivity contribution >= 4 is 11.4 Å². The lowest BCUT2D eigenvalue weighted by molar-refractivity contribution is -0.385. The molecule has 3 atom stereocenters. The molecule has 0 aromatic heterocycles. The molecule has 1 aliphatic carbocycles. The number of hydrogen-bond donors (Lipinski definition) is 1. The molecule has 21 heavy (non-hydrogen) atoms. The second-order valence-electron chi connectivity index (χ2n) is 6.11. The SMILES string of the molecule is COc1cc(N2C[C@H]3CCC(N)C[C@H]3C2)ccc1[N+](=O)[O-]. The molecule has 1 saturated carbocycles. The Morgan fingerprint density at radius 2 is 2.10 bits per heavy atom. The van der Waals surface area contributed by atoms with Crippen LogP contribution in [0.15, 0.2) is 18.2 Å². The first kappa shape index (κ1) is 14.1. The molecule has 0 radical (unpaired) electrons. The monoisotopic (exact) mass is 291 g/mol. The van der Waals surface area contributed by atoms with E-state index in [0.717, 1.165) is 31.6 Å². The molecule has 1 aromatic carbocycles. The predicted octanol–water partition coefficient (Wildman–Crippen LogP) is 2.17. The van der Waals surface area contributed by atoms with Gasteiger partial charge in [0.1, 0.15) is 0 Å². The minimum absolute atomic E-state index is 0.0138. The molecular formula is C15H21N3O3. The van der Waals surface area contributed by atoms with Gasteiger partial charge in [0.05, 0.1) is 12.0 Å². The van der Waals surface area contributed by atoms with Crippen molar-refractivity contribution in [3.8, 4) is 5.75 Å². The average Bonchev–Trinajstić information content (AvgIpc) is 2.89. The van der Waals surface area contributed by atoms with Gasteiger partial charge >= 0.3 is 5.69 Å². The van der Waals surface area contributed by atoms with Gasteiger partial charge in [-0.2, -0.15) is 0 Å². The summed E-state index contributed by atoms with van der Waals surface area (Å²) >= 11 is 0. The fourth-order valence-corrected chi connectivity index (χ4v) is 3.69. The molecule has 0 amide bonds. The van der Waals surface area contributed by atoms with Crippen LogP contribution in [0.2, 0.25) is 0 Å². The summed E-state index contributed by atoms with van der Waals surface area (Å²) < 4.78 is 5.15. The van der Waals surface area contributed by atoms with E-state index in [1.165, 1.54) is 19.6 Å². The van der Waals surface area contributed by atoms with Crippen molar-refractivity contribution in [3.05, 3.63) is 28.3 Å². The maximum absolute atomic E-state index is 11.0. The van der Waals surface area contributed by atoms with Crippen LogP contribution in [-0.4, -0.2) is 31.2 Å². The highest BCUT2D eigenvalue weighted by atomic mass is 16.6. The zero-order chi connectivity index (χ0) is 15.0. The lowest BCUT2D eigenvalue weighted by Crippen LogP contribution is -2.32. The Morgan fingerprint density at radius 3 is 2.81 bits per heavy atom. The summed E-state index contributed by atoms with van der Waals surface area (Å²) in [5.41, 5.74) is 7.07. The number of nitrogens with two attached hydrogens (primary N) is 1. The molecule has 0 spiro atoms. The van der Waals surface area contributed by atoms with Crippen LogP contribution in [0.3, 0.4) is 0 Å². The first-order chi connectivity index (χ1) is 10.1. The van der Waals surface area contributed by atoms with Gasteiger partial charge in [0.2, 0.25) is 0 Å². The van der Waals surface area contributed by atoms with Crippen LogP contribution in [0.1, 0.15) is 19.3 Å². The van der Waals surface area contributed by atoms with Crippen LogP contribution in [-0.2, 0) is 0 Å². The predicted molar refractivity (Wildman–Crippen MR) is 80.7 cm³/mol. The molecule has 1 aliphatic heterocycles. The van der Waals surface area contributed by atoms with Gasteiger partial charge in [0.15, 0.2) is 5.75 Å². The van der Waals surface area contributed by atoms with E-state index < -0.39 is 4.92 Å². The first-order valence-corrected chi connectivity index (χ1v) is 7.41. The van der Waals surface area contributed by atoms with Gasteiger partial charge in [-0.25, -0.2) is 0 Å². The number of methoxy groups -OCH3 is 1. The van der Waals surface area contributed by atoms with Gasteiger partial charge in [-0.1, -0.05) is 0 Å². The second kappa shape index (κ2) is 5.52. The summed E-state index contributed by atoms with van der Waals surface area (Å²) in [5, 5.41) is 11.0. The van der Waals surface area contributed by atoms with Crippen LogP contribution in [0.25, 0.3) is 0 Å². The summed E-state index contributed by atoms with van der Waals surface area (Å²) in [7, 11) is 1.47. The Kier molecular flexibility index (Phi) is 3.71. The van der Waals surface area contributed by atoms with Gasteiger partial charge in [-0.15, -0.1) is 0 Å². The number of nitro benzene ring substituents is 1. The maximum Gasteiger partial charge on any atom is 0.311 e. The van der Waals surface area contributed by atoms with Crippen molar-refractivity contribution in [2.75, 3.05) is 25.1 Å². The van der Waals surface area contributed by atoms with E-state index in [9.17, 15) is 10.1 Å². The van der Waals surface area contributed by atoms with Crippen molar-refractivity contribution < 1.29 is 9.66 Å². The van der Waals surface area contributed by atoms with E-state index in [2.05, 4.69) is 4.90 Å². The van der Waals surface area contributed by atoms with Crippen LogP contribution in [0, 0.1) is 22.0 Å². The third-order valence-electron chi connectivity index (χ3n) is 4.82. The van der Waals surface area contributed by atoms with Gasteiger partial charge in [-0.3, -0.25) is 10.1 Å². The highest BCUT2D eigenvalue weighted by molar-refractivity contribution is 5.59. The first-order valence-electron chi connectivity index (χ1n) is 7.41. The van der Waals surface area contributed by atoms with Crippen molar-refractivity contribution in [2.45, 2.75) is 25.3 Å². The van der Waals surface area contributed by atoms with E-state index in [-0.39, 0.29) is 5.69 Å². The van der Waals surface area contributed by atoms with E-state index in [0.29, 0.717) is 23.6 Å². The molecule has 1 saturated heterocycles. The Hall–Kier alpha value is -1.82. The molecule has 0 bridgehead atoms. The zero-order valence-electron chi connectivity index (χ0n) is 12.2. The smallest absolute Gasteiger partial charge is 0.311 e. The number of fused-ring (bicyclic) bond motifs is 1. The number of anilines is 1. The number of benzene rings is 1. The molecular weight excluding hydrogens is 270 g/mol. The number of ether oxygens (including phenoxy) is 1. The number of rotatable bonds is 3. The third-order valence-corrected chi connectivity index (χ3v) is 4.82. The molecule has 2 N–H and O–H groups in total. The molecule has 3 rings (SSSR count). The van der Waals surface area contributed by atoms with Crippen molar-refractivity contribution in [3.63, 3.8) is 0 Å². The van der Waals surface area contributed by atoms with Crippen molar-refractivity contribution in [1.29, 1.82) is 0 Å². The summed E-state index contributed by atoms with van der Waals surface area (Å²) in [6.45, 7) is 2.00. The highest BCUT2D eigenvalue weighted by Crippen LogP contribution is 2.39. The van der Waals surface area contributed by atoms with E-state index >= 15 is 0 Å². The molecule has 2 aliphatic rings. The molecule has 6 heteroatoms. The lowest BCUT2D eigenvalue weighted by Gasteiger charge is -2.27. The Balaban J connectivity index is 1.80. The van der Waals surface area contributed by atoms with E-state index in [1.807, 2.05) is 6.07 Å². The normalized spacial score (nSPS) is 28.3. The van der Waals surface area contributed by atoms with E-state index in [1.54, 1.807) is 6.07 Å². The molecule has 1 unspecified atom stereocenters. The van der Waals surface area contributed by atoms with Crippen LogP contribution < -0.4 is 15.4 Å². The third kappa shape index (κ3) is 2.68. The van der Waals surface area contributed by atoms with Crippen molar-refractivity contribution in [1.82, 2.24) is 0 Å². The second-order valence-corrected chi connectivity index (χ2v) is 6.11. The lowest BCUT2D eigenvalue weighted by atomic mass is 9.79. The number of nitro groups is 1. The molecule has 1 heterocycles. The minimum Gasteiger partial charge on any atom is -0.490 e. The topological polar surface area (TPSA) is 81.6 Å². The molecule has 114 valence electrons. The summed E-state index contributed by atoms with van der Waals surface area (Å²) in [5.74, 6) is 1.67. The zero-order valence-corrected chi connectivity index (χ0v) is 12.2. The average molecular weight is 291 g/mol. The summed E-state index contributed by atoms with van der Waals surface area (Å²) in [6, 6.07) is 5.45. The fraction of sp³-hybridized carbons (Fsp3) is 0.600. The standard InChI is InChI=1S/C15H21N3O3/c1-21-15-7-13(4-5-14(15)18(19)20)17-8-10-2-3-12(16)6-11(10)9-17/h4-5,7,10-12H,2-3,6,8-9,16H2,1H3/t10-,11+,12?/m1/s1.